The maximum Gasteiger partial charge on any atom is 0.104 e. The number of rotatable bonds is 5. The molecule has 0 radical (unpaired) electrons. The summed E-state index contributed by atoms with van der Waals surface area (Å²) in [5, 5.41) is 6.38. The van der Waals surface area contributed by atoms with E-state index in [0.29, 0.717) is 6.04 Å². The van der Waals surface area contributed by atoms with Crippen molar-refractivity contribution in [2.75, 3.05) is 47.3 Å². The third-order valence-electron chi connectivity index (χ3n) is 3.14. The second-order valence-electron chi connectivity index (χ2n) is 4.45. The van der Waals surface area contributed by atoms with Crippen LogP contribution in [-0.2, 0) is 0 Å². The van der Waals surface area contributed by atoms with Crippen LogP contribution >= 0.6 is 0 Å². The van der Waals surface area contributed by atoms with E-state index in [2.05, 4.69) is 45.5 Å². The maximum atomic E-state index is 3.98. The largest absolute Gasteiger partial charge is 0.356 e. The number of likely N-dealkylation sites (N-methyl/N-ethyl adjacent to an activating group) is 2. The average molecular weight is 239 g/mol. The molecule has 0 bridgehead atoms. The summed E-state index contributed by atoms with van der Waals surface area (Å²) in [6.07, 6.45) is 3.91. The summed E-state index contributed by atoms with van der Waals surface area (Å²) >= 11 is 0. The molecule has 1 atom stereocenters. The summed E-state index contributed by atoms with van der Waals surface area (Å²) in [7, 11) is 5.91. The Kier molecular flexibility index (Phi) is 6.00. The molecular weight excluding hydrogens is 214 g/mol. The Morgan fingerprint density at radius 3 is 2.82 bits per heavy atom. The smallest absolute Gasteiger partial charge is 0.104 e. The Hall–Kier alpha value is -1.07. The zero-order valence-electron chi connectivity index (χ0n) is 11.4. The first-order valence-corrected chi connectivity index (χ1v) is 6.16. The van der Waals surface area contributed by atoms with Gasteiger partial charge in [-0.05, 0) is 27.1 Å². The molecule has 0 unspecified atom stereocenters. The second kappa shape index (κ2) is 7.29. The quantitative estimate of drug-likeness (QED) is 0.521. The Bertz CT molecular complexity index is 274. The molecule has 1 fully saturated rings. The monoisotopic (exact) mass is 239 g/mol. The first-order chi connectivity index (χ1) is 8.19. The van der Waals surface area contributed by atoms with Crippen molar-refractivity contribution in [3.63, 3.8) is 0 Å². The Morgan fingerprint density at radius 2 is 2.24 bits per heavy atom. The summed E-state index contributed by atoms with van der Waals surface area (Å²) in [5.74, 6) is 1.14. The number of nitrogens with one attached hydrogen (secondary N) is 2. The van der Waals surface area contributed by atoms with E-state index in [0.717, 1.165) is 32.0 Å². The van der Waals surface area contributed by atoms with Gasteiger partial charge in [0.1, 0.15) is 5.82 Å². The number of nitrogens with zero attached hydrogens (tertiary/aromatic N) is 3. The van der Waals surface area contributed by atoms with Crippen LogP contribution in [0.5, 0.6) is 0 Å². The third kappa shape index (κ3) is 4.36. The molecule has 0 spiro atoms. The van der Waals surface area contributed by atoms with Gasteiger partial charge in [-0.3, -0.25) is 4.99 Å². The normalized spacial score (nSPS) is 23.4. The third-order valence-corrected chi connectivity index (χ3v) is 3.14. The highest BCUT2D eigenvalue weighted by molar-refractivity contribution is 5.56. The average Bonchev–Trinajstić information content (AvgIpc) is 2.33. The van der Waals surface area contributed by atoms with Gasteiger partial charge in [0.2, 0.25) is 0 Å². The molecule has 0 aromatic heterocycles. The molecule has 98 valence electrons. The van der Waals surface area contributed by atoms with E-state index in [9.17, 15) is 0 Å². The first-order valence-electron chi connectivity index (χ1n) is 6.16. The van der Waals surface area contributed by atoms with E-state index in [-0.39, 0.29) is 0 Å². The highest BCUT2D eigenvalue weighted by Crippen LogP contribution is 2.10. The van der Waals surface area contributed by atoms with Gasteiger partial charge in [-0.1, -0.05) is 0 Å². The van der Waals surface area contributed by atoms with Crippen molar-refractivity contribution in [3.05, 3.63) is 11.9 Å². The fraction of sp³-hybridized carbons (Fsp3) is 0.750. The molecule has 2 N–H and O–H groups in total. The van der Waals surface area contributed by atoms with Crippen LogP contribution in [0.3, 0.4) is 0 Å². The van der Waals surface area contributed by atoms with Crippen molar-refractivity contribution < 1.29 is 0 Å². The van der Waals surface area contributed by atoms with E-state index in [4.69, 9.17) is 0 Å². The molecule has 0 aromatic carbocycles. The molecule has 0 saturated carbocycles. The predicted molar refractivity (Wildman–Crippen MR) is 73.2 cm³/mol. The van der Waals surface area contributed by atoms with E-state index >= 15 is 0 Å². The van der Waals surface area contributed by atoms with E-state index < -0.39 is 0 Å². The molecule has 0 amide bonds. The minimum Gasteiger partial charge on any atom is -0.356 e. The topological polar surface area (TPSA) is 42.9 Å². The van der Waals surface area contributed by atoms with Crippen molar-refractivity contribution in [1.29, 1.82) is 0 Å². The fourth-order valence-electron chi connectivity index (χ4n) is 1.88. The lowest BCUT2D eigenvalue weighted by Crippen LogP contribution is -2.51. The van der Waals surface area contributed by atoms with Crippen LogP contribution in [0.2, 0.25) is 0 Å². The summed E-state index contributed by atoms with van der Waals surface area (Å²) < 4.78 is 0. The molecule has 5 nitrogen and oxygen atoms in total. The van der Waals surface area contributed by atoms with Crippen LogP contribution < -0.4 is 10.6 Å². The number of hydrogen-bond donors (Lipinski definition) is 2. The van der Waals surface area contributed by atoms with Gasteiger partial charge >= 0.3 is 0 Å². The summed E-state index contributed by atoms with van der Waals surface area (Å²) in [4.78, 5) is 8.75. The van der Waals surface area contributed by atoms with Gasteiger partial charge in [0.25, 0.3) is 0 Å². The number of piperazine rings is 1. The molecule has 1 aliphatic heterocycles. The second-order valence-corrected chi connectivity index (χ2v) is 4.45. The van der Waals surface area contributed by atoms with Crippen molar-refractivity contribution in [3.8, 4) is 0 Å². The van der Waals surface area contributed by atoms with Gasteiger partial charge in [0, 0.05) is 39.3 Å². The van der Waals surface area contributed by atoms with E-state index in [1.165, 1.54) is 0 Å². The minimum absolute atomic E-state index is 0.585. The SMILES string of the molecule is CN=CN/C(=C\CNC)N1CCN(C)[C@@H](C)C1. The zero-order chi connectivity index (χ0) is 12.7. The van der Waals surface area contributed by atoms with Gasteiger partial charge < -0.3 is 20.4 Å². The Labute approximate surface area is 105 Å². The lowest BCUT2D eigenvalue weighted by Gasteiger charge is -2.39. The highest BCUT2D eigenvalue weighted by atomic mass is 15.3. The lowest BCUT2D eigenvalue weighted by molar-refractivity contribution is 0.127. The summed E-state index contributed by atoms with van der Waals surface area (Å²) in [5.41, 5.74) is 0. The van der Waals surface area contributed by atoms with Gasteiger partial charge in [-0.2, -0.15) is 0 Å². The van der Waals surface area contributed by atoms with Gasteiger partial charge in [0.15, 0.2) is 0 Å². The van der Waals surface area contributed by atoms with Crippen molar-refractivity contribution >= 4 is 6.34 Å². The lowest BCUT2D eigenvalue weighted by atomic mass is 10.2. The number of aliphatic imine (C=N–C) groups is 1. The molecule has 1 aliphatic rings. The van der Waals surface area contributed by atoms with Gasteiger partial charge in [0.05, 0.1) is 6.34 Å². The van der Waals surface area contributed by atoms with Crippen LogP contribution in [0.4, 0.5) is 0 Å². The van der Waals surface area contributed by atoms with Crippen molar-refractivity contribution in [1.82, 2.24) is 20.4 Å². The number of hydrogen-bond acceptors (Lipinski definition) is 4. The van der Waals surface area contributed by atoms with Crippen LogP contribution in [0.1, 0.15) is 6.92 Å². The molecule has 0 aromatic rings. The maximum absolute atomic E-state index is 3.98. The van der Waals surface area contributed by atoms with Crippen molar-refractivity contribution in [2.45, 2.75) is 13.0 Å². The molecular formula is C12H25N5. The standard InChI is InChI=1S/C12H25N5/c1-11-9-17(8-7-16(11)4)12(5-6-13-2)15-10-14-3/h5,10-11,13H,6-9H2,1-4H3,(H,14,15)/b12-5+/t11-/m0/s1. The zero-order valence-corrected chi connectivity index (χ0v) is 11.4. The summed E-state index contributed by atoms with van der Waals surface area (Å²) in [6, 6.07) is 0.585. The molecule has 5 heteroatoms. The van der Waals surface area contributed by atoms with Gasteiger partial charge in [-0.15, -0.1) is 0 Å². The molecule has 1 heterocycles. The van der Waals surface area contributed by atoms with Crippen molar-refractivity contribution in [2.24, 2.45) is 4.99 Å². The van der Waals surface area contributed by atoms with Gasteiger partial charge in [-0.25, -0.2) is 0 Å². The molecule has 17 heavy (non-hydrogen) atoms. The van der Waals surface area contributed by atoms with Crippen LogP contribution in [0, 0.1) is 0 Å². The van der Waals surface area contributed by atoms with E-state index in [1.807, 2.05) is 7.05 Å². The molecule has 0 aliphatic carbocycles. The predicted octanol–water partition coefficient (Wildman–Crippen LogP) is -0.0692. The molecule has 1 saturated heterocycles. The first kappa shape index (κ1) is 14.0. The highest BCUT2D eigenvalue weighted by Gasteiger charge is 2.21. The molecule has 1 rings (SSSR count). The Balaban J connectivity index is 2.63. The van der Waals surface area contributed by atoms with Crippen LogP contribution in [-0.4, -0.2) is 69.5 Å². The summed E-state index contributed by atoms with van der Waals surface area (Å²) in [6.45, 7) is 6.33. The Morgan fingerprint density at radius 1 is 1.47 bits per heavy atom. The van der Waals surface area contributed by atoms with E-state index in [1.54, 1.807) is 13.4 Å². The fourth-order valence-corrected chi connectivity index (χ4v) is 1.88. The van der Waals surface area contributed by atoms with Crippen LogP contribution in [0.25, 0.3) is 0 Å². The minimum atomic E-state index is 0.585. The van der Waals surface area contributed by atoms with Crippen LogP contribution in [0.15, 0.2) is 16.9 Å².